The van der Waals surface area contributed by atoms with Crippen LogP contribution >= 0.6 is 0 Å². The summed E-state index contributed by atoms with van der Waals surface area (Å²) < 4.78 is 0. The number of nitrogens with one attached hydrogen (secondary N) is 3. The Labute approximate surface area is 270 Å². The van der Waals surface area contributed by atoms with Gasteiger partial charge in [-0.3, -0.25) is 25.2 Å². The molecule has 2 atom stereocenters. The zero-order chi connectivity index (χ0) is 31.6. The van der Waals surface area contributed by atoms with Crippen LogP contribution < -0.4 is 10.9 Å². The standard InChI is InChI=1S/C39H42N4O3/c1-23(2)16-32(36(44)41-42-38(46)39-20-24-17-25(21-39)19-26(18-24)22-39)43-35(28-12-6-7-13-29(28)37(43)45)33-30-14-8-9-15-31(30)40-34(33)27-10-4-3-5-11-27/h3-15,23-26,32,35,40H,16-22H2,1-2H3,(H,41,44)(H,42,46). The van der Waals surface area contributed by atoms with E-state index in [0.29, 0.717) is 29.7 Å². The molecule has 4 saturated carbocycles. The molecule has 3 N–H and O–H groups in total. The highest BCUT2D eigenvalue weighted by Crippen LogP contribution is 2.60. The predicted molar refractivity (Wildman–Crippen MR) is 178 cm³/mol. The number of aromatic nitrogens is 1. The average Bonchev–Trinajstić information content (AvgIpc) is 3.57. The molecule has 2 unspecified atom stereocenters. The van der Waals surface area contributed by atoms with Crippen LogP contribution in [0.1, 0.15) is 86.3 Å². The van der Waals surface area contributed by atoms with Gasteiger partial charge >= 0.3 is 0 Å². The molecule has 46 heavy (non-hydrogen) atoms. The van der Waals surface area contributed by atoms with Gasteiger partial charge in [-0.15, -0.1) is 0 Å². The average molecular weight is 615 g/mol. The molecule has 4 aromatic rings. The first kappa shape index (κ1) is 29.0. The number of nitrogens with zero attached hydrogens (tertiary/aromatic N) is 1. The maximum Gasteiger partial charge on any atom is 0.261 e. The van der Waals surface area contributed by atoms with Crippen molar-refractivity contribution < 1.29 is 14.4 Å². The van der Waals surface area contributed by atoms with E-state index in [0.717, 1.165) is 52.5 Å². The van der Waals surface area contributed by atoms with Crippen LogP contribution in [0.2, 0.25) is 0 Å². The molecule has 3 amide bonds. The molecule has 7 nitrogen and oxygen atoms in total. The SMILES string of the molecule is CC(C)CC(C(=O)NNC(=O)C12CC3CC(CC(C3)C1)C2)N1C(=O)c2ccccc2C1c1c(-c2ccccc2)[nH]c2ccccc12. The normalized spacial score (nSPS) is 26.8. The van der Waals surface area contributed by atoms with Gasteiger partial charge in [0.1, 0.15) is 6.04 Å². The van der Waals surface area contributed by atoms with Gasteiger partial charge in [0.15, 0.2) is 0 Å². The number of hydrogen-bond donors (Lipinski definition) is 3. The molecule has 0 radical (unpaired) electrons. The van der Waals surface area contributed by atoms with E-state index in [1.807, 2.05) is 54.6 Å². The fourth-order valence-corrected chi connectivity index (χ4v) is 9.75. The molecule has 2 heterocycles. The van der Waals surface area contributed by atoms with Crippen LogP contribution in [0.25, 0.3) is 22.2 Å². The van der Waals surface area contributed by atoms with E-state index >= 15 is 0 Å². The van der Waals surface area contributed by atoms with Crippen LogP contribution in [0.5, 0.6) is 0 Å². The number of para-hydroxylation sites is 1. The summed E-state index contributed by atoms with van der Waals surface area (Å²) in [5.41, 5.74) is 10.7. The lowest BCUT2D eigenvalue weighted by molar-refractivity contribution is -0.149. The summed E-state index contributed by atoms with van der Waals surface area (Å²) in [6, 6.07) is 24.7. The van der Waals surface area contributed by atoms with Crippen molar-refractivity contribution in [2.24, 2.45) is 29.1 Å². The molecule has 4 aliphatic carbocycles. The molecule has 5 aliphatic rings. The topological polar surface area (TPSA) is 94.3 Å². The molecule has 3 aromatic carbocycles. The summed E-state index contributed by atoms with van der Waals surface area (Å²) in [7, 11) is 0. The van der Waals surface area contributed by atoms with Gasteiger partial charge in [0.05, 0.1) is 17.2 Å². The summed E-state index contributed by atoms with van der Waals surface area (Å²) in [4.78, 5) is 47.9. The second-order valence-electron chi connectivity index (χ2n) is 14.8. The van der Waals surface area contributed by atoms with Gasteiger partial charge < -0.3 is 9.88 Å². The Balaban J connectivity index is 1.17. The maximum atomic E-state index is 14.4. The van der Waals surface area contributed by atoms with Crippen molar-refractivity contribution in [1.82, 2.24) is 20.7 Å². The Kier molecular flexibility index (Phi) is 7.04. The highest BCUT2D eigenvalue weighted by molar-refractivity contribution is 6.04. The molecule has 236 valence electrons. The van der Waals surface area contributed by atoms with E-state index in [-0.39, 0.29) is 29.1 Å². The molecule has 0 saturated heterocycles. The fourth-order valence-electron chi connectivity index (χ4n) is 9.75. The smallest absolute Gasteiger partial charge is 0.261 e. The number of benzene rings is 3. The monoisotopic (exact) mass is 614 g/mol. The second-order valence-corrected chi connectivity index (χ2v) is 14.8. The lowest BCUT2D eigenvalue weighted by atomic mass is 9.49. The van der Waals surface area contributed by atoms with Crippen LogP contribution in [0.15, 0.2) is 78.9 Å². The van der Waals surface area contributed by atoms with E-state index in [1.165, 1.54) is 19.3 Å². The van der Waals surface area contributed by atoms with Gasteiger partial charge in [-0.2, -0.15) is 0 Å². The van der Waals surface area contributed by atoms with Crippen LogP contribution in [0.4, 0.5) is 0 Å². The Morgan fingerprint density at radius 1 is 0.848 bits per heavy atom. The summed E-state index contributed by atoms with van der Waals surface area (Å²) in [5.74, 6) is 1.42. The van der Waals surface area contributed by atoms with Crippen molar-refractivity contribution in [3.63, 3.8) is 0 Å². The van der Waals surface area contributed by atoms with Gasteiger partial charge in [0, 0.05) is 22.0 Å². The minimum atomic E-state index is -0.793. The first-order chi connectivity index (χ1) is 22.3. The van der Waals surface area contributed by atoms with Crippen LogP contribution in [0, 0.1) is 29.1 Å². The molecule has 0 spiro atoms. The first-order valence-corrected chi connectivity index (χ1v) is 17.0. The number of aromatic amines is 1. The molecule has 4 bridgehead atoms. The number of hydrogen-bond acceptors (Lipinski definition) is 3. The second kappa shape index (κ2) is 11.1. The maximum absolute atomic E-state index is 14.4. The number of fused-ring (bicyclic) bond motifs is 2. The minimum absolute atomic E-state index is 0.0566. The first-order valence-electron chi connectivity index (χ1n) is 17.0. The molecule has 1 aromatic heterocycles. The Morgan fingerprint density at radius 3 is 2.17 bits per heavy atom. The van der Waals surface area contributed by atoms with Crippen molar-refractivity contribution in [2.45, 2.75) is 70.9 Å². The lowest BCUT2D eigenvalue weighted by Crippen LogP contribution is -2.59. The molecule has 4 fully saturated rings. The van der Waals surface area contributed by atoms with Crippen molar-refractivity contribution in [1.29, 1.82) is 0 Å². The van der Waals surface area contributed by atoms with E-state index < -0.39 is 12.1 Å². The third kappa shape index (κ3) is 4.74. The highest BCUT2D eigenvalue weighted by atomic mass is 16.2. The lowest BCUT2D eigenvalue weighted by Gasteiger charge is -2.55. The number of carbonyl (C=O) groups excluding carboxylic acids is 3. The summed E-state index contributed by atoms with van der Waals surface area (Å²) in [6.07, 6.45) is 6.94. The number of hydrazine groups is 1. The van der Waals surface area contributed by atoms with Crippen molar-refractivity contribution in [2.75, 3.05) is 0 Å². The van der Waals surface area contributed by atoms with Gasteiger partial charge in [-0.1, -0.05) is 80.6 Å². The van der Waals surface area contributed by atoms with Crippen LogP contribution in [0.3, 0.4) is 0 Å². The quantitative estimate of drug-likeness (QED) is 0.193. The van der Waals surface area contributed by atoms with E-state index in [2.05, 4.69) is 53.9 Å². The number of H-pyrrole nitrogens is 1. The zero-order valence-electron chi connectivity index (χ0n) is 26.6. The van der Waals surface area contributed by atoms with Crippen LogP contribution in [-0.2, 0) is 9.59 Å². The third-order valence-corrected chi connectivity index (χ3v) is 11.2. The Hall–Kier alpha value is -4.39. The molecule has 7 heteroatoms. The number of amides is 3. The van der Waals surface area contributed by atoms with Gasteiger partial charge in [-0.25, -0.2) is 0 Å². The summed E-state index contributed by atoms with van der Waals surface area (Å²) in [6.45, 7) is 4.14. The van der Waals surface area contributed by atoms with Gasteiger partial charge in [0.2, 0.25) is 5.91 Å². The van der Waals surface area contributed by atoms with Crippen molar-refractivity contribution in [3.8, 4) is 11.3 Å². The van der Waals surface area contributed by atoms with Crippen LogP contribution in [-0.4, -0.2) is 33.6 Å². The predicted octanol–water partition coefficient (Wildman–Crippen LogP) is 7.16. The number of rotatable bonds is 7. The van der Waals surface area contributed by atoms with Gasteiger partial charge in [-0.05, 0) is 91.9 Å². The number of carbonyl (C=O) groups is 3. The fraction of sp³-hybridized carbons (Fsp3) is 0.410. The summed E-state index contributed by atoms with van der Waals surface area (Å²) in [5, 5.41) is 1.01. The third-order valence-electron chi connectivity index (χ3n) is 11.2. The highest BCUT2D eigenvalue weighted by Gasteiger charge is 2.55. The molecule has 9 rings (SSSR count). The van der Waals surface area contributed by atoms with E-state index in [4.69, 9.17) is 0 Å². The van der Waals surface area contributed by atoms with Crippen molar-refractivity contribution in [3.05, 3.63) is 95.6 Å². The molecular formula is C39H42N4O3. The van der Waals surface area contributed by atoms with E-state index in [9.17, 15) is 14.4 Å². The molecule has 1 aliphatic heterocycles. The zero-order valence-corrected chi connectivity index (χ0v) is 26.6. The molecular weight excluding hydrogens is 572 g/mol. The largest absolute Gasteiger partial charge is 0.354 e. The van der Waals surface area contributed by atoms with Crippen molar-refractivity contribution >= 4 is 28.6 Å². The summed E-state index contributed by atoms with van der Waals surface area (Å²) >= 11 is 0. The van der Waals surface area contributed by atoms with Gasteiger partial charge in [0.25, 0.3) is 11.8 Å². The Morgan fingerprint density at radius 2 is 1.48 bits per heavy atom. The minimum Gasteiger partial charge on any atom is -0.354 e. The Bertz CT molecular complexity index is 1790. The van der Waals surface area contributed by atoms with E-state index in [1.54, 1.807) is 4.90 Å².